The number of hydrogen-bond acceptors (Lipinski definition) is 4. The summed E-state index contributed by atoms with van der Waals surface area (Å²) in [7, 11) is 0. The Morgan fingerprint density at radius 3 is 2.79 bits per heavy atom. The minimum Gasteiger partial charge on any atom is -0.322 e. The van der Waals surface area contributed by atoms with Crippen molar-refractivity contribution in [2.75, 3.05) is 11.6 Å². The molecule has 0 fully saturated rings. The first-order valence-electron chi connectivity index (χ1n) is 7.21. The van der Waals surface area contributed by atoms with E-state index >= 15 is 0 Å². The van der Waals surface area contributed by atoms with Crippen LogP contribution in [0.25, 0.3) is 5.82 Å². The maximum atomic E-state index is 13.8. The van der Waals surface area contributed by atoms with Gasteiger partial charge in [0.2, 0.25) is 0 Å². The van der Waals surface area contributed by atoms with Crippen molar-refractivity contribution >= 4 is 23.4 Å². The fourth-order valence-corrected chi connectivity index (χ4v) is 2.74. The third-order valence-corrected chi connectivity index (χ3v) is 4.30. The summed E-state index contributed by atoms with van der Waals surface area (Å²) in [4.78, 5) is 17.2. The molecule has 5 nitrogen and oxygen atoms in total. The molecule has 24 heavy (non-hydrogen) atoms. The average molecular weight is 342 g/mol. The Morgan fingerprint density at radius 2 is 2.12 bits per heavy atom. The fourth-order valence-electron chi connectivity index (χ4n) is 2.29. The maximum Gasteiger partial charge on any atom is 0.259 e. The summed E-state index contributed by atoms with van der Waals surface area (Å²) < 4.78 is 15.4. The normalized spacial score (nSPS) is 10.6. The van der Waals surface area contributed by atoms with Crippen molar-refractivity contribution in [3.63, 3.8) is 0 Å². The number of hydrogen-bond donors (Lipinski definition) is 1. The SMILES string of the molecule is CSc1ccc(NC(=O)c2cnn(-c3ccccn3)c2C)cc1F. The summed E-state index contributed by atoms with van der Waals surface area (Å²) in [5.41, 5.74) is 1.47. The Morgan fingerprint density at radius 1 is 1.29 bits per heavy atom. The second kappa shape index (κ2) is 6.84. The number of halogens is 1. The van der Waals surface area contributed by atoms with E-state index in [-0.39, 0.29) is 11.7 Å². The minimum atomic E-state index is -0.360. The van der Waals surface area contributed by atoms with Gasteiger partial charge in [0.15, 0.2) is 5.82 Å². The summed E-state index contributed by atoms with van der Waals surface area (Å²) in [5, 5.41) is 6.90. The quantitative estimate of drug-likeness (QED) is 0.735. The molecule has 0 radical (unpaired) electrons. The molecule has 1 amide bonds. The van der Waals surface area contributed by atoms with Crippen molar-refractivity contribution in [3.8, 4) is 5.82 Å². The zero-order chi connectivity index (χ0) is 17.1. The van der Waals surface area contributed by atoms with Crippen LogP contribution in [0.15, 0.2) is 53.7 Å². The first kappa shape index (κ1) is 16.2. The molecule has 0 saturated carbocycles. The Kier molecular flexibility index (Phi) is 4.61. The highest BCUT2D eigenvalue weighted by Gasteiger charge is 2.16. The molecule has 0 aliphatic carbocycles. The molecular formula is C17H15FN4OS. The lowest BCUT2D eigenvalue weighted by molar-refractivity contribution is 0.102. The molecular weight excluding hydrogens is 327 g/mol. The van der Waals surface area contributed by atoms with E-state index in [1.54, 1.807) is 42.3 Å². The van der Waals surface area contributed by atoms with Crippen LogP contribution in [-0.4, -0.2) is 26.9 Å². The summed E-state index contributed by atoms with van der Waals surface area (Å²) in [6, 6.07) is 10.1. The van der Waals surface area contributed by atoms with Crippen LogP contribution in [0.3, 0.4) is 0 Å². The van der Waals surface area contributed by atoms with Crippen molar-refractivity contribution in [2.24, 2.45) is 0 Å². The van der Waals surface area contributed by atoms with Gasteiger partial charge in [-0.05, 0) is 43.5 Å². The molecule has 2 heterocycles. The number of pyridine rings is 1. The van der Waals surface area contributed by atoms with E-state index in [9.17, 15) is 9.18 Å². The lowest BCUT2D eigenvalue weighted by atomic mass is 10.2. The molecule has 0 bridgehead atoms. The second-order valence-electron chi connectivity index (χ2n) is 5.05. The van der Waals surface area contributed by atoms with E-state index in [0.717, 1.165) is 0 Å². The summed E-state index contributed by atoms with van der Waals surface area (Å²) >= 11 is 1.31. The number of carbonyl (C=O) groups excluding carboxylic acids is 1. The monoisotopic (exact) mass is 342 g/mol. The third-order valence-electron chi connectivity index (χ3n) is 3.53. The lowest BCUT2D eigenvalue weighted by Gasteiger charge is -2.07. The van der Waals surface area contributed by atoms with Gasteiger partial charge in [0, 0.05) is 16.8 Å². The van der Waals surface area contributed by atoms with Crippen LogP contribution in [0, 0.1) is 12.7 Å². The van der Waals surface area contributed by atoms with Gasteiger partial charge in [-0.15, -0.1) is 11.8 Å². The highest BCUT2D eigenvalue weighted by molar-refractivity contribution is 7.98. The molecule has 0 aliphatic heterocycles. The first-order chi connectivity index (χ1) is 11.6. The van der Waals surface area contributed by atoms with Gasteiger partial charge in [0.1, 0.15) is 5.82 Å². The van der Waals surface area contributed by atoms with Gasteiger partial charge in [-0.25, -0.2) is 14.1 Å². The molecule has 0 atom stereocenters. The molecule has 3 aromatic rings. The number of rotatable bonds is 4. The molecule has 0 saturated heterocycles. The van der Waals surface area contributed by atoms with Gasteiger partial charge in [-0.1, -0.05) is 6.07 Å². The molecule has 3 rings (SSSR count). The van der Waals surface area contributed by atoms with Gasteiger partial charge in [-0.2, -0.15) is 5.10 Å². The molecule has 0 spiro atoms. The zero-order valence-electron chi connectivity index (χ0n) is 13.2. The topological polar surface area (TPSA) is 59.8 Å². The van der Waals surface area contributed by atoms with Crippen LogP contribution >= 0.6 is 11.8 Å². The van der Waals surface area contributed by atoms with Crippen molar-refractivity contribution in [2.45, 2.75) is 11.8 Å². The Bertz CT molecular complexity index is 880. The number of amides is 1. The van der Waals surface area contributed by atoms with Crippen LogP contribution in [0.5, 0.6) is 0 Å². The van der Waals surface area contributed by atoms with Gasteiger partial charge in [0.05, 0.1) is 17.5 Å². The first-order valence-corrected chi connectivity index (χ1v) is 8.43. The number of aromatic nitrogens is 3. The van der Waals surface area contributed by atoms with Crippen molar-refractivity contribution < 1.29 is 9.18 Å². The van der Waals surface area contributed by atoms with E-state index in [2.05, 4.69) is 15.4 Å². The maximum absolute atomic E-state index is 13.8. The molecule has 2 aromatic heterocycles. The largest absolute Gasteiger partial charge is 0.322 e. The minimum absolute atomic E-state index is 0.342. The van der Waals surface area contributed by atoms with Crippen LogP contribution in [0.4, 0.5) is 10.1 Å². The summed E-state index contributed by atoms with van der Waals surface area (Å²) in [5.74, 6) is -0.0726. The Balaban J connectivity index is 1.84. The van der Waals surface area contributed by atoms with Gasteiger partial charge in [0.25, 0.3) is 5.91 Å². The van der Waals surface area contributed by atoms with Gasteiger partial charge >= 0.3 is 0 Å². The number of carbonyl (C=O) groups is 1. The van der Waals surface area contributed by atoms with Gasteiger partial charge < -0.3 is 5.32 Å². The third kappa shape index (κ3) is 3.16. The second-order valence-corrected chi connectivity index (χ2v) is 5.89. The van der Waals surface area contributed by atoms with Crippen molar-refractivity contribution in [1.29, 1.82) is 0 Å². The average Bonchev–Trinajstić information content (AvgIpc) is 2.97. The van der Waals surface area contributed by atoms with E-state index in [1.807, 2.05) is 12.1 Å². The van der Waals surface area contributed by atoms with Crippen molar-refractivity contribution in [3.05, 3.63) is 65.9 Å². The number of benzene rings is 1. The zero-order valence-corrected chi connectivity index (χ0v) is 14.0. The van der Waals surface area contributed by atoms with E-state index < -0.39 is 0 Å². The smallest absolute Gasteiger partial charge is 0.259 e. The fraction of sp³-hybridized carbons (Fsp3) is 0.118. The lowest BCUT2D eigenvalue weighted by Crippen LogP contribution is -2.13. The van der Waals surface area contributed by atoms with Crippen LogP contribution in [0.2, 0.25) is 0 Å². The molecule has 0 unspecified atom stereocenters. The number of nitrogens with one attached hydrogen (secondary N) is 1. The molecule has 1 aromatic carbocycles. The molecule has 7 heteroatoms. The molecule has 122 valence electrons. The van der Waals surface area contributed by atoms with Crippen molar-refractivity contribution in [1.82, 2.24) is 14.8 Å². The summed E-state index contributed by atoms with van der Waals surface area (Å²) in [6.45, 7) is 1.79. The van der Waals surface area contributed by atoms with Gasteiger partial charge in [-0.3, -0.25) is 4.79 Å². The Labute approximate surface area is 142 Å². The Hall–Kier alpha value is -2.67. The van der Waals surface area contributed by atoms with Crippen LogP contribution < -0.4 is 5.32 Å². The highest BCUT2D eigenvalue weighted by Crippen LogP contribution is 2.23. The van der Waals surface area contributed by atoms with E-state index in [0.29, 0.717) is 27.7 Å². The predicted molar refractivity (Wildman–Crippen MR) is 92.2 cm³/mol. The highest BCUT2D eigenvalue weighted by atomic mass is 32.2. The van der Waals surface area contributed by atoms with E-state index in [1.165, 1.54) is 24.0 Å². The number of anilines is 1. The predicted octanol–water partition coefficient (Wildman–Crippen LogP) is 3.69. The van der Waals surface area contributed by atoms with Crippen LogP contribution in [-0.2, 0) is 0 Å². The summed E-state index contributed by atoms with van der Waals surface area (Å²) in [6.07, 6.45) is 4.93. The number of thioether (sulfide) groups is 1. The van der Waals surface area contributed by atoms with Crippen LogP contribution in [0.1, 0.15) is 16.1 Å². The number of nitrogens with zero attached hydrogens (tertiary/aromatic N) is 3. The molecule has 0 aliphatic rings. The standard InChI is InChI=1S/C17H15FN4OS/c1-11-13(10-20-22(11)16-5-3-4-8-19-16)17(23)21-12-6-7-15(24-2)14(18)9-12/h3-10H,1-2H3,(H,21,23). The van der Waals surface area contributed by atoms with E-state index in [4.69, 9.17) is 0 Å². The molecule has 1 N–H and O–H groups in total.